The van der Waals surface area contributed by atoms with Gasteiger partial charge in [-0.2, -0.15) is 11.8 Å². The van der Waals surface area contributed by atoms with Crippen molar-refractivity contribution in [2.75, 3.05) is 23.5 Å². The average Bonchev–Trinajstić information content (AvgIpc) is 2.37. The summed E-state index contributed by atoms with van der Waals surface area (Å²) in [5.41, 5.74) is 3.92. The monoisotopic (exact) mass is 266 g/mol. The van der Waals surface area contributed by atoms with Crippen molar-refractivity contribution in [3.63, 3.8) is 0 Å². The number of nitrogens with one attached hydrogen (secondary N) is 1. The van der Waals surface area contributed by atoms with Gasteiger partial charge in [0.25, 0.3) is 5.91 Å². The molecule has 0 bridgehead atoms. The molecule has 1 aromatic heterocycles. The number of rotatable bonds is 2. The fourth-order valence-electron chi connectivity index (χ4n) is 2.06. The van der Waals surface area contributed by atoms with Crippen LogP contribution in [0.1, 0.15) is 23.0 Å². The Balaban J connectivity index is 2.24. The van der Waals surface area contributed by atoms with Crippen LogP contribution in [0.25, 0.3) is 0 Å². The zero-order chi connectivity index (χ0) is 13.1. The minimum Gasteiger partial charge on any atom is -0.334 e. The first-order chi connectivity index (χ1) is 8.61. The lowest BCUT2D eigenvalue weighted by Crippen LogP contribution is -2.44. The van der Waals surface area contributed by atoms with Gasteiger partial charge in [-0.05, 0) is 26.0 Å². The highest BCUT2D eigenvalue weighted by Crippen LogP contribution is 2.20. The highest BCUT2D eigenvalue weighted by Gasteiger charge is 2.24. The quantitative estimate of drug-likeness (QED) is 0.623. The topological polar surface area (TPSA) is 71.2 Å². The van der Waals surface area contributed by atoms with Gasteiger partial charge in [0.05, 0.1) is 0 Å². The Hall–Kier alpha value is -1.27. The van der Waals surface area contributed by atoms with Crippen molar-refractivity contribution < 1.29 is 4.79 Å². The number of amides is 1. The van der Waals surface area contributed by atoms with Crippen LogP contribution < -0.4 is 11.3 Å². The molecular formula is C12H18N4OS. The molecule has 3 N–H and O–H groups in total. The third-order valence-corrected chi connectivity index (χ3v) is 4.17. The van der Waals surface area contributed by atoms with Crippen LogP contribution in [-0.4, -0.2) is 39.9 Å². The molecule has 0 saturated carbocycles. The molecule has 0 aliphatic carbocycles. The zero-order valence-corrected chi connectivity index (χ0v) is 11.5. The summed E-state index contributed by atoms with van der Waals surface area (Å²) in [7, 11) is 0. The largest absolute Gasteiger partial charge is 0.334 e. The van der Waals surface area contributed by atoms with E-state index in [1.165, 1.54) is 0 Å². The number of carbonyl (C=O) groups is 1. The number of nitrogen functional groups attached to an aromatic ring is 1. The molecule has 2 heterocycles. The summed E-state index contributed by atoms with van der Waals surface area (Å²) in [6.07, 6.45) is 0. The predicted molar refractivity (Wildman–Crippen MR) is 74.6 cm³/mol. The van der Waals surface area contributed by atoms with Crippen molar-refractivity contribution >= 4 is 23.5 Å². The molecule has 1 aliphatic rings. The molecule has 0 spiro atoms. The van der Waals surface area contributed by atoms with Crippen LogP contribution in [0, 0.1) is 6.92 Å². The zero-order valence-electron chi connectivity index (χ0n) is 10.6. The third kappa shape index (κ3) is 2.76. The number of hydrazine groups is 1. The first-order valence-electron chi connectivity index (χ1n) is 5.96. The van der Waals surface area contributed by atoms with E-state index in [1.807, 2.05) is 23.6 Å². The molecule has 0 aromatic carbocycles. The molecule has 2 rings (SSSR count). The predicted octanol–water partition coefficient (Wildman–Crippen LogP) is 1.25. The van der Waals surface area contributed by atoms with Crippen molar-refractivity contribution in [1.82, 2.24) is 9.88 Å². The van der Waals surface area contributed by atoms with E-state index in [0.29, 0.717) is 11.4 Å². The number of hydrogen-bond donors (Lipinski definition) is 2. The minimum atomic E-state index is 0.0600. The van der Waals surface area contributed by atoms with Crippen LogP contribution in [-0.2, 0) is 0 Å². The number of anilines is 1. The van der Waals surface area contributed by atoms with Gasteiger partial charge in [-0.15, -0.1) is 0 Å². The fourth-order valence-corrected chi connectivity index (χ4v) is 3.07. The van der Waals surface area contributed by atoms with Crippen molar-refractivity contribution in [2.45, 2.75) is 19.9 Å². The van der Waals surface area contributed by atoms with Crippen LogP contribution in [0.5, 0.6) is 0 Å². The summed E-state index contributed by atoms with van der Waals surface area (Å²) in [5.74, 6) is 7.94. The summed E-state index contributed by atoms with van der Waals surface area (Å²) < 4.78 is 0. The standard InChI is InChI=1S/C12H18N4OS/c1-8-5-10(6-11(14-8)15-13)12(17)16-3-4-18-7-9(16)2/h5-6,9H,3-4,7,13H2,1-2H3,(H,14,15). The van der Waals surface area contributed by atoms with Crippen molar-refractivity contribution in [2.24, 2.45) is 5.84 Å². The molecule has 18 heavy (non-hydrogen) atoms. The highest BCUT2D eigenvalue weighted by molar-refractivity contribution is 7.99. The maximum atomic E-state index is 12.5. The number of nitrogens with zero attached hydrogens (tertiary/aromatic N) is 2. The number of nitrogens with two attached hydrogens (primary N) is 1. The highest BCUT2D eigenvalue weighted by atomic mass is 32.2. The van der Waals surface area contributed by atoms with Gasteiger partial charge < -0.3 is 10.3 Å². The Labute approximate surface area is 111 Å². The van der Waals surface area contributed by atoms with E-state index in [9.17, 15) is 4.79 Å². The Morgan fingerprint density at radius 1 is 1.61 bits per heavy atom. The van der Waals surface area contributed by atoms with Crippen molar-refractivity contribution in [1.29, 1.82) is 0 Å². The second-order valence-corrected chi connectivity index (χ2v) is 5.60. The molecule has 1 aliphatic heterocycles. The molecule has 1 unspecified atom stereocenters. The molecule has 98 valence electrons. The lowest BCUT2D eigenvalue weighted by molar-refractivity contribution is 0.0716. The smallest absolute Gasteiger partial charge is 0.254 e. The SMILES string of the molecule is Cc1cc(C(=O)N2CCSCC2C)cc(NN)n1. The number of aryl methyl sites for hydroxylation is 1. The Morgan fingerprint density at radius 2 is 2.39 bits per heavy atom. The van der Waals surface area contributed by atoms with Crippen LogP contribution in [0.4, 0.5) is 5.82 Å². The van der Waals surface area contributed by atoms with E-state index in [4.69, 9.17) is 5.84 Å². The maximum absolute atomic E-state index is 12.5. The maximum Gasteiger partial charge on any atom is 0.254 e. The van der Waals surface area contributed by atoms with Gasteiger partial charge in [0.15, 0.2) is 0 Å². The summed E-state index contributed by atoms with van der Waals surface area (Å²) in [4.78, 5) is 18.6. The van der Waals surface area contributed by atoms with Crippen LogP contribution >= 0.6 is 11.8 Å². The molecular weight excluding hydrogens is 248 g/mol. The van der Waals surface area contributed by atoms with Crippen LogP contribution in [0.2, 0.25) is 0 Å². The second-order valence-electron chi connectivity index (χ2n) is 4.45. The molecule has 1 atom stereocenters. The van der Waals surface area contributed by atoms with E-state index < -0.39 is 0 Å². The summed E-state index contributed by atoms with van der Waals surface area (Å²) >= 11 is 1.89. The molecule has 1 amide bonds. The minimum absolute atomic E-state index is 0.0600. The lowest BCUT2D eigenvalue weighted by atomic mass is 10.1. The number of hydrogen-bond acceptors (Lipinski definition) is 5. The Bertz CT molecular complexity index is 452. The number of thioether (sulfide) groups is 1. The lowest BCUT2D eigenvalue weighted by Gasteiger charge is -2.33. The molecule has 1 fully saturated rings. The number of aromatic nitrogens is 1. The molecule has 1 saturated heterocycles. The Morgan fingerprint density at radius 3 is 3.06 bits per heavy atom. The fraction of sp³-hybridized carbons (Fsp3) is 0.500. The first kappa shape index (κ1) is 13.2. The number of carbonyl (C=O) groups excluding carboxylic acids is 1. The van der Waals surface area contributed by atoms with E-state index in [1.54, 1.807) is 12.1 Å². The van der Waals surface area contributed by atoms with Crippen molar-refractivity contribution in [3.8, 4) is 0 Å². The normalized spacial score (nSPS) is 19.7. The van der Waals surface area contributed by atoms with Gasteiger partial charge in [0, 0.05) is 35.3 Å². The van der Waals surface area contributed by atoms with Gasteiger partial charge in [-0.25, -0.2) is 10.8 Å². The van der Waals surface area contributed by atoms with E-state index >= 15 is 0 Å². The van der Waals surface area contributed by atoms with Crippen LogP contribution in [0.15, 0.2) is 12.1 Å². The summed E-state index contributed by atoms with van der Waals surface area (Å²) in [5, 5.41) is 0. The van der Waals surface area contributed by atoms with E-state index in [2.05, 4.69) is 17.3 Å². The molecule has 0 radical (unpaired) electrons. The molecule has 5 nitrogen and oxygen atoms in total. The van der Waals surface area contributed by atoms with Crippen LogP contribution in [0.3, 0.4) is 0 Å². The van der Waals surface area contributed by atoms with Gasteiger partial charge >= 0.3 is 0 Å². The Kier molecular flexibility index (Phi) is 4.08. The average molecular weight is 266 g/mol. The summed E-state index contributed by atoms with van der Waals surface area (Å²) in [6, 6.07) is 3.78. The van der Waals surface area contributed by atoms with E-state index in [-0.39, 0.29) is 11.9 Å². The van der Waals surface area contributed by atoms with Gasteiger partial charge in [-0.1, -0.05) is 0 Å². The van der Waals surface area contributed by atoms with E-state index in [0.717, 1.165) is 23.7 Å². The molecule has 1 aromatic rings. The second kappa shape index (κ2) is 5.58. The third-order valence-electron chi connectivity index (χ3n) is 2.98. The number of pyridine rings is 1. The first-order valence-corrected chi connectivity index (χ1v) is 7.11. The summed E-state index contributed by atoms with van der Waals surface area (Å²) in [6.45, 7) is 4.74. The van der Waals surface area contributed by atoms with Crippen molar-refractivity contribution in [3.05, 3.63) is 23.4 Å². The van der Waals surface area contributed by atoms with Gasteiger partial charge in [0.1, 0.15) is 5.82 Å². The van der Waals surface area contributed by atoms with Gasteiger partial charge in [0.2, 0.25) is 0 Å². The molecule has 6 heteroatoms. The van der Waals surface area contributed by atoms with Gasteiger partial charge in [-0.3, -0.25) is 4.79 Å².